The fourth-order valence-electron chi connectivity index (χ4n) is 5.17. The van der Waals surface area contributed by atoms with Crippen LogP contribution in [0, 0.1) is 0 Å². The highest BCUT2D eigenvalue weighted by Gasteiger charge is 2.35. The molecule has 2 amide bonds. The van der Waals surface area contributed by atoms with E-state index in [0.717, 1.165) is 36.5 Å². The number of hydrogen-bond donors (Lipinski definition) is 1. The summed E-state index contributed by atoms with van der Waals surface area (Å²) in [5.41, 5.74) is 2.45. The fraction of sp³-hybridized carbons (Fsp3) is 0.400. The van der Waals surface area contributed by atoms with Crippen molar-refractivity contribution in [1.29, 1.82) is 0 Å². The third-order valence-electron chi connectivity index (χ3n) is 6.98. The van der Waals surface area contributed by atoms with Gasteiger partial charge in [-0.1, -0.05) is 0 Å². The Kier molecular flexibility index (Phi) is 6.21. The van der Waals surface area contributed by atoms with Crippen LogP contribution in [-0.2, 0) is 9.53 Å². The molecule has 0 aliphatic carbocycles. The maximum Gasteiger partial charge on any atom is 0.414 e. The van der Waals surface area contributed by atoms with E-state index < -0.39 is 0 Å². The first kappa shape index (κ1) is 23.7. The lowest BCUT2D eigenvalue weighted by Crippen LogP contribution is -2.42. The van der Waals surface area contributed by atoms with Gasteiger partial charge in [-0.2, -0.15) is 4.98 Å². The van der Waals surface area contributed by atoms with E-state index in [1.54, 1.807) is 22.6 Å². The standard InChI is InChI=1S/C25H26N6O5S/c1-35-22-5-3-18-24(28-22)31(23(33)11-26-18)15-6-8-29(9-7-15)12-17-13-30(25(34)36-17)16-2-4-20-19(10-16)27-21(32)14-37-20/h2-5,10-11,15,17H,6-9,12-14H2,1H3,(H,27,32). The van der Waals surface area contributed by atoms with Crippen LogP contribution in [0.2, 0.25) is 0 Å². The van der Waals surface area contributed by atoms with E-state index in [0.29, 0.717) is 41.6 Å². The second-order valence-corrected chi connectivity index (χ2v) is 10.3. The summed E-state index contributed by atoms with van der Waals surface area (Å²) in [6.45, 7) is 2.59. The zero-order valence-corrected chi connectivity index (χ0v) is 21.1. The van der Waals surface area contributed by atoms with Gasteiger partial charge < -0.3 is 14.8 Å². The number of ether oxygens (including phenoxy) is 2. The van der Waals surface area contributed by atoms with Crippen LogP contribution >= 0.6 is 11.8 Å². The van der Waals surface area contributed by atoms with Crippen LogP contribution in [0.15, 0.2) is 46.2 Å². The molecule has 1 unspecified atom stereocenters. The molecule has 2 aromatic heterocycles. The number of benzene rings is 1. The van der Waals surface area contributed by atoms with Crippen LogP contribution in [0.4, 0.5) is 16.2 Å². The molecule has 2 saturated heterocycles. The maximum absolute atomic E-state index is 12.7. The van der Waals surface area contributed by atoms with Crippen molar-refractivity contribution < 1.29 is 19.1 Å². The first-order valence-corrected chi connectivity index (χ1v) is 13.2. The summed E-state index contributed by atoms with van der Waals surface area (Å²) in [5.74, 6) is 0.795. The zero-order valence-electron chi connectivity index (χ0n) is 20.3. The number of nitrogens with one attached hydrogen (secondary N) is 1. The number of fused-ring (bicyclic) bond motifs is 2. The van der Waals surface area contributed by atoms with Gasteiger partial charge in [-0.15, -0.1) is 11.8 Å². The Morgan fingerprint density at radius 2 is 2.00 bits per heavy atom. The molecule has 0 radical (unpaired) electrons. The lowest BCUT2D eigenvalue weighted by molar-refractivity contribution is -0.113. The molecule has 1 aromatic carbocycles. The van der Waals surface area contributed by atoms with E-state index in [-0.39, 0.29) is 29.7 Å². The number of rotatable bonds is 5. The zero-order chi connectivity index (χ0) is 25.5. The van der Waals surface area contributed by atoms with E-state index in [4.69, 9.17) is 9.47 Å². The maximum atomic E-state index is 12.7. The number of pyridine rings is 1. The number of anilines is 2. The average Bonchev–Trinajstić information content (AvgIpc) is 3.28. The Bertz CT molecular complexity index is 1440. The SMILES string of the molecule is COc1ccc2ncc(=O)n(C3CCN(CC4CN(c5ccc6c(c5)NC(=O)CS6)C(=O)O4)CC3)c2n1. The average molecular weight is 523 g/mol. The van der Waals surface area contributed by atoms with Crippen molar-refractivity contribution in [2.24, 2.45) is 0 Å². The van der Waals surface area contributed by atoms with Crippen molar-refractivity contribution in [3.05, 3.63) is 46.9 Å². The van der Waals surface area contributed by atoms with E-state index in [1.165, 1.54) is 18.0 Å². The van der Waals surface area contributed by atoms with E-state index in [9.17, 15) is 14.4 Å². The van der Waals surface area contributed by atoms with Gasteiger partial charge >= 0.3 is 6.09 Å². The fourth-order valence-corrected chi connectivity index (χ4v) is 5.96. The molecular weight excluding hydrogens is 496 g/mol. The van der Waals surface area contributed by atoms with E-state index in [2.05, 4.69) is 20.2 Å². The van der Waals surface area contributed by atoms with Crippen LogP contribution in [0.5, 0.6) is 5.88 Å². The highest BCUT2D eigenvalue weighted by atomic mass is 32.2. The number of hydrogen-bond acceptors (Lipinski definition) is 9. The lowest BCUT2D eigenvalue weighted by atomic mass is 10.0. The van der Waals surface area contributed by atoms with Gasteiger partial charge in [0.1, 0.15) is 11.6 Å². The lowest BCUT2D eigenvalue weighted by Gasteiger charge is -2.33. The second kappa shape index (κ2) is 9.67. The summed E-state index contributed by atoms with van der Waals surface area (Å²) in [4.78, 5) is 50.7. The first-order valence-electron chi connectivity index (χ1n) is 12.2. The smallest absolute Gasteiger partial charge is 0.414 e. The number of carbonyl (C=O) groups is 2. The van der Waals surface area contributed by atoms with Crippen LogP contribution in [0.25, 0.3) is 11.2 Å². The number of cyclic esters (lactones) is 1. The molecular formula is C25H26N6O5S. The Morgan fingerprint density at radius 1 is 1.16 bits per heavy atom. The number of aromatic nitrogens is 3. The van der Waals surface area contributed by atoms with Gasteiger partial charge in [0.15, 0.2) is 5.65 Å². The Balaban J connectivity index is 1.10. The van der Waals surface area contributed by atoms with Gasteiger partial charge in [0.2, 0.25) is 11.8 Å². The van der Waals surface area contributed by atoms with Gasteiger partial charge in [0.05, 0.1) is 31.3 Å². The summed E-state index contributed by atoms with van der Waals surface area (Å²) in [6, 6.07) is 9.18. The van der Waals surface area contributed by atoms with Crippen molar-refractivity contribution in [2.45, 2.75) is 29.9 Å². The molecule has 3 aliphatic heterocycles. The summed E-state index contributed by atoms with van der Waals surface area (Å²) < 4.78 is 12.7. The van der Waals surface area contributed by atoms with Crippen LogP contribution in [0.3, 0.4) is 0 Å². The molecule has 1 N–H and O–H groups in total. The largest absolute Gasteiger partial charge is 0.481 e. The quantitative estimate of drug-likeness (QED) is 0.539. The summed E-state index contributed by atoms with van der Waals surface area (Å²) >= 11 is 1.49. The highest BCUT2D eigenvalue weighted by molar-refractivity contribution is 8.00. The molecule has 0 bridgehead atoms. The summed E-state index contributed by atoms with van der Waals surface area (Å²) in [7, 11) is 1.55. The molecule has 192 valence electrons. The number of piperidine rings is 1. The van der Waals surface area contributed by atoms with Crippen molar-refractivity contribution in [3.8, 4) is 5.88 Å². The van der Waals surface area contributed by atoms with Gasteiger partial charge in [-0.25, -0.2) is 9.78 Å². The minimum absolute atomic E-state index is 0.0000543. The predicted octanol–water partition coefficient (Wildman–Crippen LogP) is 2.51. The third kappa shape index (κ3) is 4.62. The number of nitrogens with zero attached hydrogens (tertiary/aromatic N) is 5. The number of likely N-dealkylation sites (tertiary alicyclic amines) is 1. The Hall–Kier alpha value is -3.64. The molecule has 5 heterocycles. The molecule has 1 atom stereocenters. The molecule has 0 spiro atoms. The predicted molar refractivity (Wildman–Crippen MR) is 138 cm³/mol. The molecule has 37 heavy (non-hydrogen) atoms. The first-order chi connectivity index (χ1) is 18.0. The molecule has 0 saturated carbocycles. The molecule has 6 rings (SSSR count). The highest BCUT2D eigenvalue weighted by Crippen LogP contribution is 2.35. The number of amides is 2. The number of thioether (sulfide) groups is 1. The second-order valence-electron chi connectivity index (χ2n) is 9.33. The van der Waals surface area contributed by atoms with E-state index in [1.807, 2.05) is 24.3 Å². The topological polar surface area (TPSA) is 119 Å². The van der Waals surface area contributed by atoms with Crippen molar-refractivity contribution in [2.75, 3.05) is 49.3 Å². The van der Waals surface area contributed by atoms with Crippen molar-refractivity contribution in [3.63, 3.8) is 0 Å². The molecule has 2 fully saturated rings. The number of methoxy groups -OCH3 is 1. The van der Waals surface area contributed by atoms with Crippen LogP contribution in [-0.4, -0.2) is 76.6 Å². The van der Waals surface area contributed by atoms with Crippen molar-refractivity contribution >= 4 is 46.3 Å². The summed E-state index contributed by atoms with van der Waals surface area (Å²) in [5, 5.41) is 2.87. The summed E-state index contributed by atoms with van der Waals surface area (Å²) in [6.07, 6.45) is 2.23. The van der Waals surface area contributed by atoms with Gasteiger partial charge in [-0.05, 0) is 37.1 Å². The van der Waals surface area contributed by atoms with E-state index >= 15 is 0 Å². The molecule has 12 heteroatoms. The Labute approximate surface area is 216 Å². The third-order valence-corrected chi connectivity index (χ3v) is 8.06. The van der Waals surface area contributed by atoms with Gasteiger partial charge in [0.25, 0.3) is 5.56 Å². The Morgan fingerprint density at radius 3 is 2.81 bits per heavy atom. The van der Waals surface area contributed by atoms with Crippen LogP contribution in [0.1, 0.15) is 18.9 Å². The van der Waals surface area contributed by atoms with Crippen LogP contribution < -0.4 is 20.5 Å². The molecule has 3 aliphatic rings. The number of carbonyl (C=O) groups excluding carboxylic acids is 2. The minimum atomic E-state index is -0.385. The molecule has 11 nitrogen and oxygen atoms in total. The monoisotopic (exact) mass is 522 g/mol. The molecule has 3 aromatic rings. The normalized spacial score (nSPS) is 20.6. The van der Waals surface area contributed by atoms with Crippen molar-refractivity contribution in [1.82, 2.24) is 19.4 Å². The van der Waals surface area contributed by atoms with Gasteiger partial charge in [-0.3, -0.25) is 24.0 Å². The minimum Gasteiger partial charge on any atom is -0.481 e. The van der Waals surface area contributed by atoms with Gasteiger partial charge in [0, 0.05) is 42.3 Å².